The maximum atomic E-state index is 10.6. The van der Waals surface area contributed by atoms with Crippen molar-refractivity contribution in [3.8, 4) is 0 Å². The summed E-state index contributed by atoms with van der Waals surface area (Å²) in [6, 6.07) is 3.58. The van der Waals surface area contributed by atoms with E-state index in [1.165, 1.54) is 0 Å². The fourth-order valence-corrected chi connectivity index (χ4v) is 1.96. The number of aliphatic carboxylic acids is 1. The van der Waals surface area contributed by atoms with Gasteiger partial charge in [0.25, 0.3) is 0 Å². The zero-order valence-electron chi connectivity index (χ0n) is 9.37. The second-order valence-corrected chi connectivity index (χ2v) is 4.14. The highest BCUT2D eigenvalue weighted by atomic mass is 16.4. The smallest absolute Gasteiger partial charge is 0.317 e. The lowest BCUT2D eigenvalue weighted by atomic mass is 10.0. The van der Waals surface area contributed by atoms with E-state index in [2.05, 4.69) is 0 Å². The molecule has 92 valence electrons. The summed E-state index contributed by atoms with van der Waals surface area (Å²) in [4.78, 5) is 12.4. The van der Waals surface area contributed by atoms with Crippen molar-refractivity contribution in [2.45, 2.75) is 12.5 Å². The van der Waals surface area contributed by atoms with Gasteiger partial charge in [-0.05, 0) is 30.2 Å². The van der Waals surface area contributed by atoms with Crippen molar-refractivity contribution in [1.29, 1.82) is 0 Å². The molecule has 1 aromatic heterocycles. The second kappa shape index (κ2) is 5.16. The average Bonchev–Trinajstić information content (AvgIpc) is 2.75. The van der Waals surface area contributed by atoms with E-state index in [9.17, 15) is 9.90 Å². The number of likely N-dealkylation sites (tertiary alicyclic amines) is 1. The molecule has 1 aromatic rings. The molecule has 0 radical (unpaired) electrons. The van der Waals surface area contributed by atoms with Gasteiger partial charge in [0, 0.05) is 13.1 Å². The summed E-state index contributed by atoms with van der Waals surface area (Å²) in [5.74, 6) is -0.171. The minimum atomic E-state index is -0.848. The predicted octanol–water partition coefficient (Wildman–Crippen LogP) is 0.814. The number of hydrogen-bond acceptors (Lipinski definition) is 4. The lowest BCUT2D eigenvalue weighted by Gasteiger charge is -2.30. The predicted molar refractivity (Wildman–Crippen MR) is 61.4 cm³/mol. The maximum Gasteiger partial charge on any atom is 0.317 e. The van der Waals surface area contributed by atoms with Crippen LogP contribution in [0.25, 0.3) is 6.08 Å². The Morgan fingerprint density at radius 2 is 2.47 bits per heavy atom. The van der Waals surface area contributed by atoms with Crippen LogP contribution in [0.15, 0.2) is 28.4 Å². The van der Waals surface area contributed by atoms with Crippen LogP contribution in [0.1, 0.15) is 12.2 Å². The van der Waals surface area contributed by atoms with Crippen molar-refractivity contribution in [2.24, 2.45) is 0 Å². The first-order valence-electron chi connectivity index (χ1n) is 5.51. The number of carboxylic acid groups (broad SMARTS) is 1. The van der Waals surface area contributed by atoms with Crippen LogP contribution in [-0.4, -0.2) is 46.8 Å². The maximum absolute atomic E-state index is 10.6. The summed E-state index contributed by atoms with van der Waals surface area (Å²) in [7, 11) is 0. The normalized spacial score (nSPS) is 24.1. The number of rotatable bonds is 3. The Morgan fingerprint density at radius 3 is 3.12 bits per heavy atom. The number of aliphatic hydroxyl groups excluding tert-OH is 1. The minimum absolute atomic E-state index is 0.00220. The highest BCUT2D eigenvalue weighted by Crippen LogP contribution is 2.19. The SMILES string of the molecule is O=C(O)CN1CCC(O)/C(=C\c2ccco2)C1. The summed E-state index contributed by atoms with van der Waals surface area (Å²) in [5, 5.41) is 18.6. The third-order valence-electron chi connectivity index (χ3n) is 2.78. The molecular weight excluding hydrogens is 222 g/mol. The molecule has 1 aliphatic heterocycles. The van der Waals surface area contributed by atoms with Crippen LogP contribution in [0, 0.1) is 0 Å². The molecule has 17 heavy (non-hydrogen) atoms. The quantitative estimate of drug-likeness (QED) is 0.814. The van der Waals surface area contributed by atoms with Crippen molar-refractivity contribution >= 4 is 12.0 Å². The van der Waals surface area contributed by atoms with E-state index in [1.54, 1.807) is 29.4 Å². The van der Waals surface area contributed by atoms with E-state index >= 15 is 0 Å². The van der Waals surface area contributed by atoms with E-state index < -0.39 is 12.1 Å². The number of piperidine rings is 1. The van der Waals surface area contributed by atoms with E-state index in [-0.39, 0.29) is 6.54 Å². The van der Waals surface area contributed by atoms with Gasteiger partial charge in [0.2, 0.25) is 0 Å². The molecule has 0 amide bonds. The Morgan fingerprint density at radius 1 is 1.65 bits per heavy atom. The Hall–Kier alpha value is -1.59. The van der Waals surface area contributed by atoms with Gasteiger partial charge >= 0.3 is 5.97 Å². The summed E-state index contributed by atoms with van der Waals surface area (Å²) in [5.41, 5.74) is 0.799. The van der Waals surface area contributed by atoms with Gasteiger partial charge in [-0.25, -0.2) is 0 Å². The summed E-state index contributed by atoms with van der Waals surface area (Å²) in [6.45, 7) is 1.07. The lowest BCUT2D eigenvalue weighted by Crippen LogP contribution is -2.40. The van der Waals surface area contributed by atoms with Crippen LogP contribution in [0.2, 0.25) is 0 Å². The van der Waals surface area contributed by atoms with Gasteiger partial charge < -0.3 is 14.6 Å². The van der Waals surface area contributed by atoms with Gasteiger partial charge in [0.15, 0.2) is 0 Å². The van der Waals surface area contributed by atoms with Crippen molar-refractivity contribution in [3.05, 3.63) is 29.7 Å². The molecule has 0 spiro atoms. The zero-order valence-corrected chi connectivity index (χ0v) is 9.37. The Bertz CT molecular complexity index is 410. The van der Waals surface area contributed by atoms with E-state index in [4.69, 9.17) is 9.52 Å². The van der Waals surface area contributed by atoms with Crippen molar-refractivity contribution in [1.82, 2.24) is 4.90 Å². The van der Waals surface area contributed by atoms with Gasteiger partial charge in [0.1, 0.15) is 5.76 Å². The van der Waals surface area contributed by atoms with Gasteiger partial charge in [0.05, 0.1) is 18.9 Å². The molecule has 0 bridgehead atoms. The molecule has 2 heterocycles. The molecule has 1 aliphatic rings. The number of carboxylic acids is 1. The molecule has 2 N–H and O–H groups in total. The fourth-order valence-electron chi connectivity index (χ4n) is 1.96. The molecular formula is C12H15NO4. The average molecular weight is 237 g/mol. The topological polar surface area (TPSA) is 73.9 Å². The lowest BCUT2D eigenvalue weighted by molar-refractivity contribution is -0.138. The molecule has 0 aliphatic carbocycles. The number of hydrogen-bond donors (Lipinski definition) is 2. The van der Waals surface area contributed by atoms with Crippen molar-refractivity contribution in [2.75, 3.05) is 19.6 Å². The highest BCUT2D eigenvalue weighted by Gasteiger charge is 2.23. The third kappa shape index (κ3) is 3.18. The molecule has 0 aromatic carbocycles. The molecule has 1 unspecified atom stereocenters. The summed E-state index contributed by atoms with van der Waals surface area (Å²) >= 11 is 0. The van der Waals surface area contributed by atoms with Crippen LogP contribution in [0.5, 0.6) is 0 Å². The van der Waals surface area contributed by atoms with Crippen molar-refractivity contribution in [3.63, 3.8) is 0 Å². The highest BCUT2D eigenvalue weighted by molar-refractivity contribution is 5.69. The third-order valence-corrected chi connectivity index (χ3v) is 2.78. The summed E-state index contributed by atoms with van der Waals surface area (Å²) < 4.78 is 5.18. The van der Waals surface area contributed by atoms with E-state index in [1.807, 2.05) is 0 Å². The Labute approximate surface area is 99.0 Å². The molecule has 1 fully saturated rings. The van der Waals surface area contributed by atoms with E-state index in [0.29, 0.717) is 25.3 Å². The first-order chi connectivity index (χ1) is 8.15. The first kappa shape index (κ1) is 11.9. The van der Waals surface area contributed by atoms with Crippen LogP contribution in [-0.2, 0) is 4.79 Å². The zero-order chi connectivity index (χ0) is 12.3. The van der Waals surface area contributed by atoms with Gasteiger partial charge in [-0.3, -0.25) is 9.69 Å². The Kier molecular flexibility index (Phi) is 3.61. The number of furan rings is 1. The second-order valence-electron chi connectivity index (χ2n) is 4.14. The molecule has 2 rings (SSSR count). The van der Waals surface area contributed by atoms with Gasteiger partial charge in [-0.1, -0.05) is 0 Å². The van der Waals surface area contributed by atoms with Gasteiger partial charge in [-0.2, -0.15) is 0 Å². The fraction of sp³-hybridized carbons (Fsp3) is 0.417. The standard InChI is InChI=1S/C12H15NO4/c14-11-3-4-13(8-12(15)16)7-9(11)6-10-2-1-5-17-10/h1-2,5-6,11,14H,3-4,7-8H2,(H,15,16)/b9-6-. The Balaban J connectivity index is 2.07. The summed E-state index contributed by atoms with van der Waals surface area (Å²) in [6.07, 6.45) is 3.39. The number of carbonyl (C=O) groups is 1. The molecule has 0 saturated carbocycles. The number of aliphatic hydroxyl groups is 1. The molecule has 1 atom stereocenters. The number of nitrogens with zero attached hydrogens (tertiary/aromatic N) is 1. The largest absolute Gasteiger partial charge is 0.480 e. The van der Waals surface area contributed by atoms with E-state index in [0.717, 1.165) is 5.57 Å². The monoisotopic (exact) mass is 237 g/mol. The van der Waals surface area contributed by atoms with Crippen LogP contribution >= 0.6 is 0 Å². The van der Waals surface area contributed by atoms with Crippen LogP contribution < -0.4 is 0 Å². The molecule has 5 nitrogen and oxygen atoms in total. The minimum Gasteiger partial charge on any atom is -0.480 e. The van der Waals surface area contributed by atoms with Gasteiger partial charge in [-0.15, -0.1) is 0 Å². The van der Waals surface area contributed by atoms with Crippen LogP contribution in [0.4, 0.5) is 0 Å². The van der Waals surface area contributed by atoms with Crippen molar-refractivity contribution < 1.29 is 19.4 Å². The molecule has 5 heteroatoms. The van der Waals surface area contributed by atoms with Crippen LogP contribution in [0.3, 0.4) is 0 Å². The molecule has 1 saturated heterocycles. The first-order valence-corrected chi connectivity index (χ1v) is 5.51.